The molecule has 1 unspecified atom stereocenters. The average molecular weight is 432 g/mol. The number of hydrogen-bond acceptors (Lipinski definition) is 6. The van der Waals surface area contributed by atoms with Gasteiger partial charge >= 0.3 is 0 Å². The van der Waals surface area contributed by atoms with Crippen molar-refractivity contribution in [2.24, 2.45) is 7.05 Å². The Morgan fingerprint density at radius 1 is 1.06 bits per heavy atom. The van der Waals surface area contributed by atoms with Crippen molar-refractivity contribution in [2.75, 3.05) is 0 Å². The molecule has 32 heavy (non-hydrogen) atoms. The van der Waals surface area contributed by atoms with Gasteiger partial charge in [-0.3, -0.25) is 4.79 Å². The lowest BCUT2D eigenvalue weighted by Crippen LogP contribution is -2.35. The summed E-state index contributed by atoms with van der Waals surface area (Å²) in [5.74, 6) is -0.930. The molecule has 8 heteroatoms. The summed E-state index contributed by atoms with van der Waals surface area (Å²) < 4.78 is 22.6. The van der Waals surface area contributed by atoms with Crippen molar-refractivity contribution in [3.05, 3.63) is 60.3 Å². The highest BCUT2D eigenvalue weighted by atomic mass is 16.8. The first kappa shape index (κ1) is 19.6. The molecule has 2 saturated heterocycles. The topological polar surface area (TPSA) is 80.4 Å². The molecule has 0 bridgehead atoms. The molecule has 8 nitrogen and oxygen atoms in total. The molecule has 5 heterocycles. The number of nitrogens with zero attached hydrogens (tertiary/aromatic N) is 4. The lowest BCUT2D eigenvalue weighted by Gasteiger charge is -2.24. The summed E-state index contributed by atoms with van der Waals surface area (Å²) in [5, 5.41) is 2.03. The fourth-order valence-electron chi connectivity index (χ4n) is 4.89. The molecule has 2 aliphatic heterocycles. The van der Waals surface area contributed by atoms with Crippen molar-refractivity contribution in [1.82, 2.24) is 19.1 Å². The van der Waals surface area contributed by atoms with Crippen LogP contribution in [-0.4, -0.2) is 49.0 Å². The van der Waals surface area contributed by atoms with E-state index in [9.17, 15) is 4.79 Å². The highest BCUT2D eigenvalue weighted by Crippen LogP contribution is 2.44. The van der Waals surface area contributed by atoms with Gasteiger partial charge in [-0.05, 0) is 44.4 Å². The summed E-state index contributed by atoms with van der Waals surface area (Å²) in [6, 6.07) is 9.70. The molecule has 6 rings (SSSR count). The number of aromatic nitrogens is 4. The Balaban J connectivity index is 1.40. The Morgan fingerprint density at radius 3 is 2.72 bits per heavy atom. The van der Waals surface area contributed by atoms with Crippen molar-refractivity contribution < 1.29 is 19.0 Å². The van der Waals surface area contributed by atoms with Gasteiger partial charge in [-0.15, -0.1) is 0 Å². The predicted octanol–water partition coefficient (Wildman–Crippen LogP) is 3.53. The van der Waals surface area contributed by atoms with Gasteiger partial charge in [0, 0.05) is 35.9 Å². The van der Waals surface area contributed by atoms with E-state index in [2.05, 4.69) is 9.97 Å². The van der Waals surface area contributed by atoms with Gasteiger partial charge in [-0.25, -0.2) is 9.97 Å². The predicted molar refractivity (Wildman–Crippen MR) is 117 cm³/mol. The van der Waals surface area contributed by atoms with E-state index < -0.39 is 30.3 Å². The Labute approximate surface area is 184 Å². The molecule has 0 amide bonds. The van der Waals surface area contributed by atoms with Crippen molar-refractivity contribution in [1.29, 1.82) is 0 Å². The fraction of sp³-hybridized carbons (Fsp3) is 0.375. The standard InChI is InChI=1S/C24H24N4O4/c1-13-16-8-10-28(22(16)26-12-25-13)23-21-20(31-24(2,3)32-21)19(30-23)18(29)15-6-5-14-7-9-27(4)17(14)11-15/h5-12,19-21,23H,1-4H3/t19-,20-,21?,23-/m1/s1. The summed E-state index contributed by atoms with van der Waals surface area (Å²) in [4.78, 5) is 22.3. The van der Waals surface area contributed by atoms with Crippen molar-refractivity contribution in [2.45, 2.75) is 51.1 Å². The van der Waals surface area contributed by atoms with Crippen LogP contribution in [0.15, 0.2) is 49.1 Å². The minimum atomic E-state index is -0.814. The molecule has 4 aromatic rings. The highest BCUT2D eigenvalue weighted by molar-refractivity contribution is 6.02. The van der Waals surface area contributed by atoms with Gasteiger partial charge in [0.25, 0.3) is 0 Å². The molecule has 0 saturated carbocycles. The minimum absolute atomic E-state index is 0.117. The van der Waals surface area contributed by atoms with Crippen LogP contribution in [0, 0.1) is 6.92 Å². The zero-order valence-electron chi connectivity index (χ0n) is 18.4. The van der Waals surface area contributed by atoms with E-state index in [0.29, 0.717) is 5.56 Å². The second kappa shape index (κ2) is 6.71. The molecule has 2 aliphatic rings. The average Bonchev–Trinajstić information content (AvgIpc) is 3.50. The van der Waals surface area contributed by atoms with Crippen LogP contribution in [-0.2, 0) is 21.3 Å². The molecule has 0 N–H and O–H groups in total. The molecule has 3 aromatic heterocycles. The maximum absolute atomic E-state index is 13.6. The number of carbonyl (C=O) groups is 1. The van der Waals surface area contributed by atoms with Gasteiger partial charge in [0.1, 0.15) is 24.2 Å². The number of Topliss-reactive ketones (excluding diaryl/α,β-unsaturated/α-hetero) is 1. The maximum atomic E-state index is 13.6. The van der Waals surface area contributed by atoms with E-state index in [4.69, 9.17) is 14.2 Å². The monoisotopic (exact) mass is 432 g/mol. The van der Waals surface area contributed by atoms with E-state index in [1.807, 2.05) is 79.7 Å². The molecule has 0 radical (unpaired) electrons. The Hall–Kier alpha value is -3.07. The van der Waals surface area contributed by atoms with Crippen LogP contribution in [0.25, 0.3) is 21.9 Å². The largest absolute Gasteiger partial charge is 0.351 e. The molecular weight excluding hydrogens is 408 g/mol. The summed E-state index contributed by atoms with van der Waals surface area (Å²) in [6.07, 6.45) is 3.13. The third kappa shape index (κ3) is 2.83. The summed E-state index contributed by atoms with van der Waals surface area (Å²) >= 11 is 0. The normalized spacial score (nSPS) is 26.8. The smallest absolute Gasteiger partial charge is 0.194 e. The number of carbonyl (C=O) groups excluding carboxylic acids is 1. The zero-order chi connectivity index (χ0) is 22.2. The Morgan fingerprint density at radius 2 is 1.88 bits per heavy atom. The van der Waals surface area contributed by atoms with Crippen LogP contribution in [0.4, 0.5) is 0 Å². The first-order valence-electron chi connectivity index (χ1n) is 10.7. The quantitative estimate of drug-likeness (QED) is 0.461. The molecular formula is C24H24N4O4. The first-order chi connectivity index (χ1) is 15.3. The van der Waals surface area contributed by atoms with Gasteiger partial charge in [-0.1, -0.05) is 12.1 Å². The number of ether oxygens (including phenoxy) is 3. The van der Waals surface area contributed by atoms with Crippen LogP contribution < -0.4 is 0 Å². The highest BCUT2D eigenvalue weighted by Gasteiger charge is 2.58. The van der Waals surface area contributed by atoms with Crippen LogP contribution in [0.3, 0.4) is 0 Å². The lowest BCUT2D eigenvalue weighted by atomic mass is 10.00. The maximum Gasteiger partial charge on any atom is 0.194 e. The molecule has 0 spiro atoms. The molecule has 1 aromatic carbocycles. The third-order valence-electron chi connectivity index (χ3n) is 6.44. The van der Waals surface area contributed by atoms with Crippen molar-refractivity contribution in [3.8, 4) is 0 Å². The summed E-state index contributed by atoms with van der Waals surface area (Å²) in [6.45, 7) is 5.66. The molecule has 2 fully saturated rings. The number of rotatable bonds is 3. The van der Waals surface area contributed by atoms with Crippen molar-refractivity contribution >= 4 is 27.7 Å². The number of hydrogen-bond donors (Lipinski definition) is 0. The zero-order valence-corrected chi connectivity index (χ0v) is 18.4. The van der Waals surface area contributed by atoms with Gasteiger partial charge in [0.2, 0.25) is 0 Å². The first-order valence-corrected chi connectivity index (χ1v) is 10.7. The van der Waals surface area contributed by atoms with E-state index >= 15 is 0 Å². The van der Waals surface area contributed by atoms with Gasteiger partial charge in [0.15, 0.2) is 23.9 Å². The molecule has 4 atom stereocenters. The van der Waals surface area contributed by atoms with E-state index in [1.165, 1.54) is 6.33 Å². The number of fused-ring (bicyclic) bond motifs is 3. The number of aryl methyl sites for hydroxylation is 2. The van der Waals surface area contributed by atoms with Gasteiger partial charge in [0.05, 0.1) is 5.69 Å². The van der Waals surface area contributed by atoms with Crippen LogP contribution in [0.5, 0.6) is 0 Å². The fourth-order valence-corrected chi connectivity index (χ4v) is 4.89. The van der Waals surface area contributed by atoms with Gasteiger partial charge in [-0.2, -0.15) is 0 Å². The third-order valence-corrected chi connectivity index (χ3v) is 6.44. The summed E-state index contributed by atoms with van der Waals surface area (Å²) in [5.41, 5.74) is 3.21. The number of benzene rings is 1. The number of ketones is 1. The van der Waals surface area contributed by atoms with E-state index in [1.54, 1.807) is 0 Å². The Bertz CT molecular complexity index is 1370. The SMILES string of the molecule is Cc1ncnc2c1ccn2[C@@H]1O[C@H](C(=O)c2ccc3ccn(C)c3c2)[C@H]2OC(C)(C)OC12. The Kier molecular flexibility index (Phi) is 4.11. The summed E-state index contributed by atoms with van der Waals surface area (Å²) in [7, 11) is 1.96. The second-order valence-corrected chi connectivity index (χ2v) is 9.00. The van der Waals surface area contributed by atoms with Crippen molar-refractivity contribution in [3.63, 3.8) is 0 Å². The second-order valence-electron chi connectivity index (χ2n) is 9.00. The van der Waals surface area contributed by atoms with Crippen LogP contribution in [0.2, 0.25) is 0 Å². The van der Waals surface area contributed by atoms with E-state index in [0.717, 1.165) is 27.6 Å². The van der Waals surface area contributed by atoms with Crippen LogP contribution in [0.1, 0.15) is 36.1 Å². The molecule has 164 valence electrons. The minimum Gasteiger partial charge on any atom is -0.351 e. The van der Waals surface area contributed by atoms with Crippen LogP contribution >= 0.6 is 0 Å². The molecule has 0 aliphatic carbocycles. The lowest BCUT2D eigenvalue weighted by molar-refractivity contribution is -0.190. The van der Waals surface area contributed by atoms with E-state index in [-0.39, 0.29) is 5.78 Å². The van der Waals surface area contributed by atoms with Gasteiger partial charge < -0.3 is 23.3 Å².